The Morgan fingerprint density at radius 3 is 1.79 bits per heavy atom. The van der Waals surface area contributed by atoms with Gasteiger partial charge in [-0.25, -0.2) is 0 Å². The van der Waals surface area contributed by atoms with Crippen molar-refractivity contribution < 1.29 is 4.42 Å². The average molecular weight is 775 g/mol. The second kappa shape index (κ2) is 23.3. The largest absolute Gasteiger partial charge is 0.465 e. The van der Waals surface area contributed by atoms with Crippen molar-refractivity contribution in [2.45, 2.75) is 129 Å². The van der Waals surface area contributed by atoms with Gasteiger partial charge >= 0.3 is 0 Å². The van der Waals surface area contributed by atoms with Gasteiger partial charge in [-0.3, -0.25) is 0 Å². The molecule has 1 nitrogen and oxygen atoms in total. The van der Waals surface area contributed by atoms with E-state index in [2.05, 4.69) is 168 Å². The number of rotatable bonds is 7. The summed E-state index contributed by atoms with van der Waals surface area (Å²) in [6.07, 6.45) is 12.5. The maximum Gasteiger partial charge on any atom is 0.109 e. The highest BCUT2D eigenvalue weighted by atomic mass is 16.3. The third-order valence-corrected chi connectivity index (χ3v) is 11.0. The molecule has 0 bridgehead atoms. The highest BCUT2D eigenvalue weighted by Crippen LogP contribution is 2.51. The van der Waals surface area contributed by atoms with Gasteiger partial charge in [0.1, 0.15) is 11.5 Å². The van der Waals surface area contributed by atoms with E-state index in [9.17, 15) is 0 Å². The maximum absolute atomic E-state index is 5.67. The third-order valence-electron chi connectivity index (χ3n) is 11.0. The van der Waals surface area contributed by atoms with Crippen LogP contribution in [-0.4, -0.2) is 0 Å². The van der Waals surface area contributed by atoms with Crippen LogP contribution < -0.4 is 0 Å². The lowest BCUT2D eigenvalue weighted by molar-refractivity contribution is 0.503. The topological polar surface area (TPSA) is 13.1 Å². The van der Waals surface area contributed by atoms with Crippen molar-refractivity contribution in [1.29, 1.82) is 0 Å². The van der Waals surface area contributed by atoms with Crippen LogP contribution in [0.5, 0.6) is 0 Å². The van der Waals surface area contributed by atoms with Crippen LogP contribution in [0.4, 0.5) is 0 Å². The molecule has 4 aromatic carbocycles. The predicted molar refractivity (Wildman–Crippen MR) is 263 cm³/mol. The van der Waals surface area contributed by atoms with E-state index in [4.69, 9.17) is 4.42 Å². The first-order valence-electron chi connectivity index (χ1n) is 21.3. The molecule has 308 valence electrons. The summed E-state index contributed by atoms with van der Waals surface area (Å²) in [5.74, 6) is 2.02. The van der Waals surface area contributed by atoms with Gasteiger partial charge in [0.05, 0.1) is 0 Å². The number of hydrogen-bond donors (Lipinski definition) is 0. The second-order valence-corrected chi connectivity index (χ2v) is 15.6. The van der Waals surface area contributed by atoms with Gasteiger partial charge in [0.15, 0.2) is 0 Å². The van der Waals surface area contributed by atoms with Crippen LogP contribution in [0, 0.1) is 41.5 Å². The minimum atomic E-state index is 0.0406. The smallest absolute Gasteiger partial charge is 0.109 e. The molecule has 0 radical (unpaired) electrons. The van der Waals surface area contributed by atoms with E-state index in [1.807, 2.05) is 65.0 Å². The minimum absolute atomic E-state index is 0.0406. The van der Waals surface area contributed by atoms with Crippen LogP contribution in [0.3, 0.4) is 0 Å². The molecule has 58 heavy (non-hydrogen) atoms. The van der Waals surface area contributed by atoms with Gasteiger partial charge in [-0.2, -0.15) is 0 Å². The molecule has 0 fully saturated rings. The number of furan rings is 1. The summed E-state index contributed by atoms with van der Waals surface area (Å²) in [4.78, 5) is 0. The lowest BCUT2D eigenvalue weighted by atomic mass is 9.80. The Morgan fingerprint density at radius 2 is 1.28 bits per heavy atom. The highest BCUT2D eigenvalue weighted by Gasteiger charge is 2.37. The molecule has 0 saturated heterocycles. The zero-order chi connectivity index (χ0) is 43.7. The van der Waals surface area contributed by atoms with Gasteiger partial charge in [0, 0.05) is 16.5 Å². The van der Waals surface area contributed by atoms with Crippen LogP contribution in [0.15, 0.2) is 114 Å². The predicted octanol–water partition coefficient (Wildman–Crippen LogP) is 17.9. The third kappa shape index (κ3) is 12.0. The zero-order valence-corrected chi connectivity index (χ0v) is 39.1. The molecule has 0 amide bonds. The summed E-state index contributed by atoms with van der Waals surface area (Å²) in [6.45, 7) is 42.2. The molecule has 1 aliphatic rings. The van der Waals surface area contributed by atoms with Crippen LogP contribution in [0.2, 0.25) is 0 Å². The molecule has 0 unspecified atom stereocenters. The second-order valence-electron chi connectivity index (χ2n) is 15.6. The molecule has 1 aromatic heterocycles. The van der Waals surface area contributed by atoms with Crippen LogP contribution >= 0.6 is 0 Å². The summed E-state index contributed by atoms with van der Waals surface area (Å²) in [7, 11) is 0. The van der Waals surface area contributed by atoms with Gasteiger partial charge in [-0.05, 0) is 143 Å². The summed E-state index contributed by atoms with van der Waals surface area (Å²) >= 11 is 0. The van der Waals surface area contributed by atoms with E-state index >= 15 is 0 Å². The first-order chi connectivity index (χ1) is 27.6. The summed E-state index contributed by atoms with van der Waals surface area (Å²) in [5, 5.41) is 0. The van der Waals surface area contributed by atoms with E-state index in [-0.39, 0.29) is 5.41 Å². The van der Waals surface area contributed by atoms with Gasteiger partial charge in [0.25, 0.3) is 0 Å². The zero-order valence-electron chi connectivity index (χ0n) is 39.1. The Hall–Kier alpha value is -5.14. The fourth-order valence-corrected chi connectivity index (χ4v) is 7.65. The minimum Gasteiger partial charge on any atom is -0.465 e. The normalized spacial score (nSPS) is 12.5. The molecule has 0 saturated carbocycles. The molecule has 5 aromatic rings. The summed E-state index contributed by atoms with van der Waals surface area (Å²) in [6, 6.07) is 27.9. The van der Waals surface area contributed by atoms with Gasteiger partial charge in [-0.15, -0.1) is 0 Å². The van der Waals surface area contributed by atoms with Crippen molar-refractivity contribution in [2.75, 3.05) is 0 Å². The number of allylic oxidation sites excluding steroid dienone is 5. The first-order valence-corrected chi connectivity index (χ1v) is 21.3. The Kier molecular flexibility index (Phi) is 19.7. The van der Waals surface area contributed by atoms with Crippen molar-refractivity contribution in [1.82, 2.24) is 0 Å². The SMILES string of the molecule is C/C=C\c1c(C)oc(C)c1/C(C)=C\CC.C=Cc1c(C)cc2c(c1C=C)-c1ccc(C)cc1C2(C)C.CC.CC/C(C)=C(/C)c1ccccc1C.Cc1ccccc1. The molecular formula is C57H74O. The van der Waals surface area contributed by atoms with Crippen molar-refractivity contribution in [3.8, 4) is 11.1 Å². The van der Waals surface area contributed by atoms with E-state index in [1.165, 1.54) is 89.0 Å². The number of benzene rings is 4. The van der Waals surface area contributed by atoms with Crippen molar-refractivity contribution in [2.24, 2.45) is 0 Å². The quantitative estimate of drug-likeness (QED) is 0.160. The van der Waals surface area contributed by atoms with Gasteiger partial charge in [-0.1, -0.05) is 181 Å². The van der Waals surface area contributed by atoms with E-state index < -0.39 is 0 Å². The van der Waals surface area contributed by atoms with Crippen LogP contribution in [0.25, 0.3) is 40.5 Å². The lowest BCUT2D eigenvalue weighted by Crippen LogP contribution is -2.15. The molecule has 0 atom stereocenters. The van der Waals surface area contributed by atoms with E-state index in [0.717, 1.165) is 24.4 Å². The summed E-state index contributed by atoms with van der Waals surface area (Å²) < 4.78 is 5.67. The lowest BCUT2D eigenvalue weighted by Gasteiger charge is -2.23. The fraction of sp³-hybridized carbons (Fsp3) is 0.333. The monoisotopic (exact) mass is 775 g/mol. The molecule has 1 heteroatoms. The first kappa shape index (κ1) is 49.0. The Bertz CT molecular complexity index is 2210. The Morgan fingerprint density at radius 1 is 0.672 bits per heavy atom. The number of hydrogen-bond acceptors (Lipinski definition) is 1. The number of fused-ring (bicyclic) bond motifs is 3. The molecule has 0 spiro atoms. The molecule has 6 rings (SSSR count). The van der Waals surface area contributed by atoms with E-state index in [1.54, 1.807) is 0 Å². The van der Waals surface area contributed by atoms with Crippen LogP contribution in [-0.2, 0) is 5.41 Å². The number of aryl methyl sites for hydroxylation is 6. The Balaban J connectivity index is 0.000000278. The molecule has 0 aliphatic heterocycles. The van der Waals surface area contributed by atoms with Gasteiger partial charge in [0.2, 0.25) is 0 Å². The van der Waals surface area contributed by atoms with Crippen molar-refractivity contribution in [3.05, 3.63) is 182 Å². The standard InChI is InChI=1S/C21H22.C14H20O.C13H18.C7H8.C2H6/c1-7-15-14(4)12-19-20(16(15)8-2)17-10-9-13(3)11-18(17)21(19,5)6;1-6-8-10(3)14-12(5)15-11(4)13(14)9-7-2;1-5-10(2)12(4)13-9-7-6-8-11(13)3;1-7-5-3-2-4-6-7;1-2/h7-12H,1-2H2,3-6H3;7-9H,6H2,1-5H3;6-9H,5H2,1-4H3;2-6H,1H3;1-2H3/b;9-7-,10-8-;12-10-;;. The maximum atomic E-state index is 5.67. The average Bonchev–Trinajstić information content (AvgIpc) is 3.62. The fourth-order valence-electron chi connectivity index (χ4n) is 7.65. The van der Waals surface area contributed by atoms with Crippen LogP contribution in [0.1, 0.15) is 155 Å². The molecule has 1 heterocycles. The van der Waals surface area contributed by atoms with Crippen molar-refractivity contribution >= 4 is 29.4 Å². The summed E-state index contributed by atoms with van der Waals surface area (Å²) in [5.41, 5.74) is 21.3. The molecular weight excluding hydrogens is 701 g/mol. The molecule has 0 N–H and O–H groups in total. The Labute approximate surface area is 355 Å². The van der Waals surface area contributed by atoms with E-state index in [0.29, 0.717) is 0 Å². The highest BCUT2D eigenvalue weighted by molar-refractivity contribution is 5.91. The molecule has 1 aliphatic carbocycles. The van der Waals surface area contributed by atoms with Gasteiger partial charge < -0.3 is 4.42 Å². The van der Waals surface area contributed by atoms with Crippen molar-refractivity contribution in [3.63, 3.8) is 0 Å².